The van der Waals surface area contributed by atoms with Crippen LogP contribution in [0.1, 0.15) is 45.4 Å². The normalized spacial score (nSPS) is 22.2. The highest BCUT2D eigenvalue weighted by Gasteiger charge is 2.44. The highest BCUT2D eigenvalue weighted by atomic mass is 16.2. The molecule has 2 rings (SSSR count). The third-order valence-electron chi connectivity index (χ3n) is 3.86. The molecule has 0 aromatic heterocycles. The molecule has 3 heteroatoms. The fraction of sp³-hybridized carbons (Fsp3) is 0.923. The molecular weight excluding hydrogens is 200 g/mol. The van der Waals surface area contributed by atoms with Crippen LogP contribution in [0, 0.1) is 11.8 Å². The number of hydrogen-bond donors (Lipinski definition) is 1. The molecule has 92 valence electrons. The number of carbonyl (C=O) groups is 1. The summed E-state index contributed by atoms with van der Waals surface area (Å²) >= 11 is 0. The minimum absolute atomic E-state index is 0.137. The largest absolute Gasteiger partial charge is 0.342 e. The molecule has 0 radical (unpaired) electrons. The van der Waals surface area contributed by atoms with Gasteiger partial charge in [0.1, 0.15) is 0 Å². The van der Waals surface area contributed by atoms with Gasteiger partial charge in [0.2, 0.25) is 5.91 Å². The van der Waals surface area contributed by atoms with Crippen molar-refractivity contribution in [3.63, 3.8) is 0 Å². The molecule has 1 unspecified atom stereocenters. The van der Waals surface area contributed by atoms with Crippen molar-refractivity contribution in [2.45, 2.75) is 57.5 Å². The lowest BCUT2D eigenvalue weighted by molar-refractivity contribution is -0.133. The molecule has 2 saturated carbocycles. The average Bonchev–Trinajstić information content (AvgIpc) is 3.06. The second-order valence-corrected chi connectivity index (χ2v) is 5.69. The monoisotopic (exact) mass is 224 g/mol. The lowest BCUT2D eigenvalue weighted by atomic mass is 10.0. The van der Waals surface area contributed by atoms with Crippen LogP contribution in [0.5, 0.6) is 0 Å². The quantitative estimate of drug-likeness (QED) is 0.747. The molecular formula is C13H24N2O. The van der Waals surface area contributed by atoms with Gasteiger partial charge in [0.05, 0.1) is 0 Å². The maximum Gasteiger partial charge on any atom is 0.222 e. The van der Waals surface area contributed by atoms with Crippen LogP contribution in [0.4, 0.5) is 0 Å². The SMILES string of the molecule is CC(N)CCC(=O)N(C)C(C1CC1)C1CC1. The Hall–Kier alpha value is -0.570. The van der Waals surface area contributed by atoms with E-state index in [-0.39, 0.29) is 6.04 Å². The molecule has 1 amide bonds. The number of nitrogens with zero attached hydrogens (tertiary/aromatic N) is 1. The van der Waals surface area contributed by atoms with Crippen LogP contribution in [-0.2, 0) is 4.79 Å². The molecule has 2 N–H and O–H groups in total. The zero-order chi connectivity index (χ0) is 11.7. The van der Waals surface area contributed by atoms with E-state index in [1.807, 2.05) is 18.9 Å². The van der Waals surface area contributed by atoms with Crippen LogP contribution in [-0.4, -0.2) is 29.9 Å². The van der Waals surface area contributed by atoms with Crippen LogP contribution in [0.15, 0.2) is 0 Å². The van der Waals surface area contributed by atoms with Gasteiger partial charge in [-0.15, -0.1) is 0 Å². The van der Waals surface area contributed by atoms with Crippen LogP contribution in [0.25, 0.3) is 0 Å². The second kappa shape index (κ2) is 4.74. The van der Waals surface area contributed by atoms with Crippen LogP contribution >= 0.6 is 0 Å². The van der Waals surface area contributed by atoms with E-state index in [9.17, 15) is 4.79 Å². The van der Waals surface area contributed by atoms with E-state index in [1.165, 1.54) is 25.7 Å². The summed E-state index contributed by atoms with van der Waals surface area (Å²) < 4.78 is 0. The zero-order valence-corrected chi connectivity index (χ0v) is 10.5. The minimum atomic E-state index is 0.137. The van der Waals surface area contributed by atoms with Gasteiger partial charge in [-0.05, 0) is 50.9 Å². The van der Waals surface area contributed by atoms with Crippen LogP contribution in [0.3, 0.4) is 0 Å². The van der Waals surface area contributed by atoms with Crippen molar-refractivity contribution < 1.29 is 4.79 Å². The predicted octanol–water partition coefficient (Wildman–Crippen LogP) is 1.76. The first-order chi connectivity index (χ1) is 7.59. The van der Waals surface area contributed by atoms with Crippen molar-refractivity contribution in [2.75, 3.05) is 7.05 Å². The Kier molecular flexibility index (Phi) is 3.53. The molecule has 0 bridgehead atoms. The van der Waals surface area contributed by atoms with Crippen molar-refractivity contribution in [3.05, 3.63) is 0 Å². The molecule has 0 spiro atoms. The maximum absolute atomic E-state index is 12.0. The van der Waals surface area contributed by atoms with Crippen molar-refractivity contribution in [1.29, 1.82) is 0 Å². The van der Waals surface area contributed by atoms with Gasteiger partial charge in [0.15, 0.2) is 0 Å². The molecule has 2 fully saturated rings. The Balaban J connectivity index is 1.83. The van der Waals surface area contributed by atoms with E-state index in [4.69, 9.17) is 5.73 Å². The Labute approximate surface area is 98.4 Å². The van der Waals surface area contributed by atoms with E-state index in [2.05, 4.69) is 0 Å². The first kappa shape index (κ1) is 11.9. The second-order valence-electron chi connectivity index (χ2n) is 5.69. The first-order valence-electron chi connectivity index (χ1n) is 6.61. The van der Waals surface area contributed by atoms with Crippen LogP contribution < -0.4 is 5.73 Å². The van der Waals surface area contributed by atoms with Gasteiger partial charge in [0, 0.05) is 25.6 Å². The van der Waals surface area contributed by atoms with Gasteiger partial charge in [-0.3, -0.25) is 4.79 Å². The molecule has 0 aromatic carbocycles. The third kappa shape index (κ3) is 2.97. The van der Waals surface area contributed by atoms with Crippen molar-refractivity contribution >= 4 is 5.91 Å². The Bertz CT molecular complexity index is 245. The Morgan fingerprint density at radius 1 is 1.31 bits per heavy atom. The van der Waals surface area contributed by atoms with Crippen molar-refractivity contribution in [3.8, 4) is 0 Å². The summed E-state index contributed by atoms with van der Waals surface area (Å²) in [6.07, 6.45) is 6.73. The predicted molar refractivity (Wildman–Crippen MR) is 64.9 cm³/mol. The van der Waals surface area contributed by atoms with E-state index in [1.54, 1.807) is 0 Å². The summed E-state index contributed by atoms with van der Waals surface area (Å²) in [6, 6.07) is 0.679. The van der Waals surface area contributed by atoms with E-state index in [0.717, 1.165) is 18.3 Å². The standard InChI is InChI=1S/C13H24N2O/c1-9(14)3-8-12(16)15(2)13(10-4-5-10)11-6-7-11/h9-11,13H,3-8,14H2,1-2H3. The summed E-state index contributed by atoms with van der Waals surface area (Å²) in [4.78, 5) is 14.0. The summed E-state index contributed by atoms with van der Waals surface area (Å²) in [5.74, 6) is 1.90. The molecule has 1 atom stereocenters. The molecule has 2 aliphatic carbocycles. The van der Waals surface area contributed by atoms with E-state index < -0.39 is 0 Å². The van der Waals surface area contributed by atoms with Gasteiger partial charge < -0.3 is 10.6 Å². The fourth-order valence-corrected chi connectivity index (χ4v) is 2.59. The number of nitrogens with two attached hydrogens (primary N) is 1. The molecule has 0 heterocycles. The van der Waals surface area contributed by atoms with Crippen LogP contribution in [0.2, 0.25) is 0 Å². The van der Waals surface area contributed by atoms with Gasteiger partial charge >= 0.3 is 0 Å². The van der Waals surface area contributed by atoms with Gasteiger partial charge in [-0.1, -0.05) is 0 Å². The molecule has 2 aliphatic rings. The topological polar surface area (TPSA) is 46.3 Å². The van der Waals surface area contributed by atoms with Gasteiger partial charge in [-0.2, -0.15) is 0 Å². The average molecular weight is 224 g/mol. The lowest BCUT2D eigenvalue weighted by Gasteiger charge is -2.28. The summed E-state index contributed by atoms with van der Waals surface area (Å²) in [7, 11) is 1.99. The smallest absolute Gasteiger partial charge is 0.222 e. The van der Waals surface area contributed by atoms with E-state index >= 15 is 0 Å². The van der Waals surface area contributed by atoms with Gasteiger partial charge in [-0.25, -0.2) is 0 Å². The summed E-state index contributed by atoms with van der Waals surface area (Å²) in [6.45, 7) is 1.96. The molecule has 0 aromatic rings. The maximum atomic E-state index is 12.0. The zero-order valence-electron chi connectivity index (χ0n) is 10.5. The molecule has 0 aliphatic heterocycles. The molecule has 3 nitrogen and oxygen atoms in total. The van der Waals surface area contributed by atoms with Crippen molar-refractivity contribution in [2.24, 2.45) is 17.6 Å². The summed E-state index contributed by atoms with van der Waals surface area (Å²) in [5, 5.41) is 0. The number of rotatable bonds is 6. The first-order valence-corrected chi connectivity index (χ1v) is 6.61. The Morgan fingerprint density at radius 3 is 2.19 bits per heavy atom. The minimum Gasteiger partial charge on any atom is -0.342 e. The molecule has 16 heavy (non-hydrogen) atoms. The molecule has 0 saturated heterocycles. The van der Waals surface area contributed by atoms with Gasteiger partial charge in [0.25, 0.3) is 0 Å². The highest BCUT2D eigenvalue weighted by molar-refractivity contribution is 5.76. The summed E-state index contributed by atoms with van der Waals surface area (Å²) in [5.41, 5.74) is 5.69. The van der Waals surface area contributed by atoms with Crippen molar-refractivity contribution in [1.82, 2.24) is 4.90 Å². The Morgan fingerprint density at radius 2 is 1.81 bits per heavy atom. The third-order valence-corrected chi connectivity index (χ3v) is 3.86. The van der Waals surface area contributed by atoms with E-state index in [0.29, 0.717) is 18.4 Å². The number of amides is 1. The number of hydrogen-bond acceptors (Lipinski definition) is 2. The fourth-order valence-electron chi connectivity index (χ4n) is 2.59. The number of carbonyl (C=O) groups excluding carboxylic acids is 1. The lowest BCUT2D eigenvalue weighted by Crippen LogP contribution is -2.40. The highest BCUT2D eigenvalue weighted by Crippen LogP contribution is 2.46.